The molecule has 0 spiro atoms. The first kappa shape index (κ1) is 14.2. The third kappa shape index (κ3) is 3.11. The smallest absolute Gasteiger partial charge is 0.244 e. The van der Waals surface area contributed by atoms with Gasteiger partial charge < -0.3 is 10.6 Å². The SMILES string of the molecule is CCC(C)Nc1nncc(Nc2cccc3cccnc23)n1. The van der Waals surface area contributed by atoms with Crippen LogP contribution in [-0.4, -0.2) is 26.2 Å². The van der Waals surface area contributed by atoms with Crippen molar-refractivity contribution in [3.8, 4) is 0 Å². The average Bonchev–Trinajstić information content (AvgIpc) is 2.55. The first-order chi connectivity index (χ1) is 10.8. The van der Waals surface area contributed by atoms with Gasteiger partial charge in [-0.05, 0) is 25.5 Å². The number of hydrogen-bond donors (Lipinski definition) is 2. The lowest BCUT2D eigenvalue weighted by atomic mass is 10.2. The molecule has 3 rings (SSSR count). The molecule has 1 atom stereocenters. The van der Waals surface area contributed by atoms with Gasteiger partial charge in [0.1, 0.15) is 0 Å². The Morgan fingerprint density at radius 1 is 1.18 bits per heavy atom. The summed E-state index contributed by atoms with van der Waals surface area (Å²) in [7, 11) is 0. The lowest BCUT2D eigenvalue weighted by Crippen LogP contribution is -2.16. The molecule has 2 aromatic heterocycles. The highest BCUT2D eigenvalue weighted by atomic mass is 15.3. The zero-order chi connectivity index (χ0) is 15.4. The minimum absolute atomic E-state index is 0.302. The molecule has 6 nitrogen and oxygen atoms in total. The minimum Gasteiger partial charge on any atom is -0.350 e. The third-order valence-electron chi connectivity index (χ3n) is 3.44. The van der Waals surface area contributed by atoms with E-state index in [1.165, 1.54) is 0 Å². The van der Waals surface area contributed by atoms with Crippen LogP contribution in [0.3, 0.4) is 0 Å². The molecular weight excluding hydrogens is 276 g/mol. The Morgan fingerprint density at radius 2 is 2.05 bits per heavy atom. The molecule has 3 aromatic rings. The Labute approximate surface area is 129 Å². The van der Waals surface area contributed by atoms with Gasteiger partial charge >= 0.3 is 0 Å². The maximum atomic E-state index is 4.44. The van der Waals surface area contributed by atoms with E-state index in [1.807, 2.05) is 30.3 Å². The van der Waals surface area contributed by atoms with Crippen molar-refractivity contribution < 1.29 is 0 Å². The summed E-state index contributed by atoms with van der Waals surface area (Å²) in [5.74, 6) is 1.16. The molecule has 0 saturated carbocycles. The van der Waals surface area contributed by atoms with E-state index in [2.05, 4.69) is 44.6 Å². The Kier molecular flexibility index (Phi) is 4.09. The number of pyridine rings is 1. The van der Waals surface area contributed by atoms with Gasteiger partial charge in [-0.25, -0.2) is 0 Å². The topological polar surface area (TPSA) is 75.6 Å². The molecule has 0 amide bonds. The first-order valence-electron chi connectivity index (χ1n) is 7.33. The summed E-state index contributed by atoms with van der Waals surface area (Å²) in [5.41, 5.74) is 1.80. The van der Waals surface area contributed by atoms with Crippen LogP contribution in [0.1, 0.15) is 20.3 Å². The van der Waals surface area contributed by atoms with Crippen LogP contribution in [0, 0.1) is 0 Å². The number of nitrogens with zero attached hydrogens (tertiary/aromatic N) is 4. The van der Waals surface area contributed by atoms with Crippen molar-refractivity contribution in [1.29, 1.82) is 0 Å². The molecular formula is C16H18N6. The maximum Gasteiger partial charge on any atom is 0.244 e. The second kappa shape index (κ2) is 6.34. The largest absolute Gasteiger partial charge is 0.350 e. The summed E-state index contributed by atoms with van der Waals surface area (Å²) in [6.45, 7) is 4.19. The van der Waals surface area contributed by atoms with Crippen molar-refractivity contribution in [1.82, 2.24) is 20.2 Å². The number of hydrogen-bond acceptors (Lipinski definition) is 6. The van der Waals surface area contributed by atoms with Crippen molar-refractivity contribution in [3.63, 3.8) is 0 Å². The van der Waals surface area contributed by atoms with Crippen LogP contribution < -0.4 is 10.6 Å². The molecule has 0 saturated heterocycles. The lowest BCUT2D eigenvalue weighted by Gasteiger charge is -2.12. The zero-order valence-electron chi connectivity index (χ0n) is 12.6. The van der Waals surface area contributed by atoms with Crippen LogP contribution in [0.4, 0.5) is 17.5 Å². The van der Waals surface area contributed by atoms with E-state index in [0.717, 1.165) is 23.0 Å². The highest BCUT2D eigenvalue weighted by Crippen LogP contribution is 2.23. The van der Waals surface area contributed by atoms with Gasteiger partial charge in [0.15, 0.2) is 5.82 Å². The molecule has 1 unspecified atom stereocenters. The van der Waals surface area contributed by atoms with Gasteiger partial charge in [-0.1, -0.05) is 25.1 Å². The number of fused-ring (bicyclic) bond motifs is 1. The van der Waals surface area contributed by atoms with Crippen LogP contribution in [0.5, 0.6) is 0 Å². The van der Waals surface area contributed by atoms with Crippen molar-refractivity contribution in [2.75, 3.05) is 10.6 Å². The van der Waals surface area contributed by atoms with E-state index in [-0.39, 0.29) is 0 Å². The van der Waals surface area contributed by atoms with Crippen molar-refractivity contribution in [2.45, 2.75) is 26.3 Å². The standard InChI is InChI=1S/C16H18N6/c1-3-11(2)19-16-21-14(10-18-22-16)20-13-8-4-6-12-7-5-9-17-15(12)13/h4-11H,3H2,1-2H3,(H2,19,20,21,22). The number of anilines is 3. The fraction of sp³-hybridized carbons (Fsp3) is 0.250. The fourth-order valence-electron chi connectivity index (χ4n) is 2.09. The quantitative estimate of drug-likeness (QED) is 0.751. The van der Waals surface area contributed by atoms with Gasteiger partial charge in [0, 0.05) is 17.6 Å². The Morgan fingerprint density at radius 3 is 2.91 bits per heavy atom. The molecule has 1 aromatic carbocycles. The summed E-state index contributed by atoms with van der Waals surface area (Å²) in [6, 6.07) is 10.2. The summed E-state index contributed by atoms with van der Waals surface area (Å²) < 4.78 is 0. The van der Waals surface area contributed by atoms with Gasteiger partial charge in [0.05, 0.1) is 17.4 Å². The molecule has 6 heteroatoms. The van der Waals surface area contributed by atoms with E-state index in [1.54, 1.807) is 12.4 Å². The molecule has 0 bridgehead atoms. The van der Waals surface area contributed by atoms with Gasteiger partial charge in [-0.2, -0.15) is 10.1 Å². The van der Waals surface area contributed by atoms with Crippen molar-refractivity contribution >= 4 is 28.4 Å². The molecule has 0 radical (unpaired) electrons. The van der Waals surface area contributed by atoms with E-state index in [9.17, 15) is 0 Å². The van der Waals surface area contributed by atoms with Crippen LogP contribution in [0.2, 0.25) is 0 Å². The van der Waals surface area contributed by atoms with Gasteiger partial charge in [-0.3, -0.25) is 4.98 Å². The molecule has 22 heavy (non-hydrogen) atoms. The Bertz CT molecular complexity index is 768. The van der Waals surface area contributed by atoms with Crippen LogP contribution in [-0.2, 0) is 0 Å². The number of para-hydroxylation sites is 1. The molecule has 0 aliphatic rings. The molecule has 0 aliphatic heterocycles. The summed E-state index contributed by atoms with van der Waals surface area (Å²) in [4.78, 5) is 8.86. The van der Waals surface area contributed by atoms with E-state index in [0.29, 0.717) is 17.8 Å². The number of aromatic nitrogens is 4. The molecule has 112 valence electrons. The second-order valence-electron chi connectivity index (χ2n) is 5.12. The van der Waals surface area contributed by atoms with Gasteiger partial charge in [-0.15, -0.1) is 5.10 Å². The lowest BCUT2D eigenvalue weighted by molar-refractivity contribution is 0.746. The maximum absolute atomic E-state index is 4.44. The van der Waals surface area contributed by atoms with Crippen molar-refractivity contribution in [2.24, 2.45) is 0 Å². The highest BCUT2D eigenvalue weighted by molar-refractivity contribution is 5.91. The summed E-state index contributed by atoms with van der Waals surface area (Å²) >= 11 is 0. The summed E-state index contributed by atoms with van der Waals surface area (Å²) in [5, 5.41) is 15.5. The van der Waals surface area contributed by atoms with Crippen LogP contribution in [0.15, 0.2) is 42.7 Å². The molecule has 2 N–H and O–H groups in total. The number of nitrogens with one attached hydrogen (secondary N) is 2. The minimum atomic E-state index is 0.302. The molecule has 2 heterocycles. The predicted octanol–water partition coefficient (Wildman–Crippen LogP) is 3.37. The van der Waals surface area contributed by atoms with E-state index >= 15 is 0 Å². The van der Waals surface area contributed by atoms with Crippen LogP contribution >= 0.6 is 0 Å². The number of benzene rings is 1. The Balaban J connectivity index is 1.87. The third-order valence-corrected chi connectivity index (χ3v) is 3.44. The monoisotopic (exact) mass is 294 g/mol. The zero-order valence-corrected chi connectivity index (χ0v) is 12.6. The predicted molar refractivity (Wildman–Crippen MR) is 88.2 cm³/mol. The van der Waals surface area contributed by atoms with Crippen LogP contribution in [0.25, 0.3) is 10.9 Å². The second-order valence-corrected chi connectivity index (χ2v) is 5.12. The summed E-state index contributed by atoms with van der Waals surface area (Å²) in [6.07, 6.45) is 4.37. The first-order valence-corrected chi connectivity index (χ1v) is 7.33. The van der Waals surface area contributed by atoms with E-state index < -0.39 is 0 Å². The number of rotatable bonds is 5. The molecule has 0 fully saturated rings. The Hall–Kier alpha value is -2.76. The normalized spacial score (nSPS) is 12.1. The molecule has 0 aliphatic carbocycles. The van der Waals surface area contributed by atoms with Gasteiger partial charge in [0.25, 0.3) is 0 Å². The fourth-order valence-corrected chi connectivity index (χ4v) is 2.09. The van der Waals surface area contributed by atoms with E-state index in [4.69, 9.17) is 0 Å². The highest BCUT2D eigenvalue weighted by Gasteiger charge is 2.06. The van der Waals surface area contributed by atoms with Crippen molar-refractivity contribution in [3.05, 3.63) is 42.7 Å². The average molecular weight is 294 g/mol. The van der Waals surface area contributed by atoms with Gasteiger partial charge in [0.2, 0.25) is 5.95 Å².